The van der Waals surface area contributed by atoms with E-state index in [0.717, 1.165) is 120 Å². The Kier molecular flexibility index (Phi) is 55.7. The molecule has 0 saturated heterocycles. The zero-order chi connectivity index (χ0) is 63.9. The Labute approximate surface area is 524 Å². The lowest BCUT2D eigenvalue weighted by atomic mass is 10.00. The monoisotopic (exact) mass is 1270 g/mol. The van der Waals surface area contributed by atoms with Crippen LogP contribution in [0.4, 0.5) is 0 Å². The van der Waals surface area contributed by atoms with Crippen LogP contribution in [0, 0.1) is 23.7 Å². The van der Waals surface area contributed by atoms with Gasteiger partial charge in [-0.1, -0.05) is 274 Å². The Hall–Kier alpha value is -1.94. The van der Waals surface area contributed by atoms with Crippen LogP contribution in [-0.4, -0.2) is 96.7 Å². The van der Waals surface area contributed by atoms with Gasteiger partial charge in [-0.2, -0.15) is 0 Å². The summed E-state index contributed by atoms with van der Waals surface area (Å²) in [6, 6.07) is 0. The summed E-state index contributed by atoms with van der Waals surface area (Å²) in [6.45, 7) is 14.0. The fraction of sp³-hybridized carbons (Fsp3) is 0.940. The largest absolute Gasteiger partial charge is 0.472 e. The van der Waals surface area contributed by atoms with Gasteiger partial charge in [-0.25, -0.2) is 9.13 Å². The van der Waals surface area contributed by atoms with E-state index in [2.05, 4.69) is 55.4 Å². The van der Waals surface area contributed by atoms with Crippen molar-refractivity contribution < 1.29 is 80.2 Å². The van der Waals surface area contributed by atoms with Crippen molar-refractivity contribution >= 4 is 39.5 Å². The van der Waals surface area contributed by atoms with E-state index in [-0.39, 0.29) is 25.7 Å². The van der Waals surface area contributed by atoms with Crippen molar-refractivity contribution in [3.05, 3.63) is 0 Å². The lowest BCUT2D eigenvalue weighted by molar-refractivity contribution is -0.161. The Morgan fingerprint density at radius 1 is 0.326 bits per heavy atom. The first kappa shape index (κ1) is 84.1. The van der Waals surface area contributed by atoms with E-state index < -0.39 is 97.5 Å². The molecule has 0 aliphatic rings. The number of hydrogen-bond donors (Lipinski definition) is 3. The van der Waals surface area contributed by atoms with Crippen LogP contribution in [0.15, 0.2) is 0 Å². The minimum Gasteiger partial charge on any atom is -0.462 e. The number of hydrogen-bond acceptors (Lipinski definition) is 15. The molecule has 3 N–H and O–H groups in total. The van der Waals surface area contributed by atoms with Crippen molar-refractivity contribution in [1.29, 1.82) is 0 Å². The number of carbonyl (C=O) groups is 4. The lowest BCUT2D eigenvalue weighted by Gasteiger charge is -2.21. The summed E-state index contributed by atoms with van der Waals surface area (Å²) < 4.78 is 68.1. The van der Waals surface area contributed by atoms with Crippen molar-refractivity contribution in [2.75, 3.05) is 39.6 Å². The van der Waals surface area contributed by atoms with E-state index in [0.29, 0.717) is 31.6 Å². The second kappa shape index (κ2) is 57.0. The third-order valence-electron chi connectivity index (χ3n) is 15.7. The fourth-order valence-corrected chi connectivity index (χ4v) is 11.5. The van der Waals surface area contributed by atoms with Crippen molar-refractivity contribution in [2.24, 2.45) is 23.7 Å². The molecular formula is C67H130O17P2. The average molecular weight is 1270 g/mol. The molecule has 0 heterocycles. The topological polar surface area (TPSA) is 237 Å². The highest BCUT2D eigenvalue weighted by Crippen LogP contribution is 2.45. The van der Waals surface area contributed by atoms with Crippen LogP contribution in [0.5, 0.6) is 0 Å². The number of carbonyl (C=O) groups excluding carboxylic acids is 4. The molecule has 0 saturated carbocycles. The van der Waals surface area contributed by atoms with Crippen LogP contribution in [0.2, 0.25) is 0 Å². The normalized spacial score (nSPS) is 14.7. The van der Waals surface area contributed by atoms with E-state index >= 15 is 0 Å². The van der Waals surface area contributed by atoms with Crippen molar-refractivity contribution in [3.63, 3.8) is 0 Å². The summed E-state index contributed by atoms with van der Waals surface area (Å²) >= 11 is 0. The van der Waals surface area contributed by atoms with Gasteiger partial charge in [-0.15, -0.1) is 0 Å². The van der Waals surface area contributed by atoms with Gasteiger partial charge in [0.1, 0.15) is 19.3 Å². The predicted molar refractivity (Wildman–Crippen MR) is 344 cm³/mol. The van der Waals surface area contributed by atoms with Gasteiger partial charge in [0.2, 0.25) is 0 Å². The molecule has 86 heavy (non-hydrogen) atoms. The van der Waals surface area contributed by atoms with E-state index in [1.54, 1.807) is 0 Å². The number of aliphatic hydroxyl groups excluding tert-OH is 1. The Morgan fingerprint density at radius 3 is 0.826 bits per heavy atom. The van der Waals surface area contributed by atoms with E-state index in [9.17, 15) is 43.2 Å². The molecule has 19 heteroatoms. The summed E-state index contributed by atoms with van der Waals surface area (Å²) in [5, 5.41) is 10.6. The van der Waals surface area contributed by atoms with Gasteiger partial charge in [0, 0.05) is 25.7 Å². The molecule has 0 aliphatic heterocycles. The van der Waals surface area contributed by atoms with Crippen LogP contribution in [-0.2, 0) is 65.4 Å². The average Bonchev–Trinajstić information content (AvgIpc) is 3.66. The first-order valence-electron chi connectivity index (χ1n) is 34.7. The molecule has 0 aliphatic carbocycles. The summed E-state index contributed by atoms with van der Waals surface area (Å²) in [5.74, 6) is 0.777. The lowest BCUT2D eigenvalue weighted by Crippen LogP contribution is -2.30. The molecule has 0 rings (SSSR count). The maximum atomic E-state index is 13.0. The quantitative estimate of drug-likeness (QED) is 0.0222. The standard InChI is InChI=1S/C67H130O17P2/c1-9-60(8)46-38-30-24-26-32-40-48-65(70)78-54-63(84-67(72)50-42-34-22-18-17-20-28-36-44-58(4)5)56-82-86(75,76)80-52-61(68)51-79-85(73,74)81-55-62(53-77-64(69)47-39-31-25-23-29-37-45-59(6)7)83-66(71)49-41-33-21-16-14-12-10-11-13-15-19-27-35-43-57(2)3/h57-63,68H,9-56H2,1-8H3,(H,73,74)(H,75,76)/t60?,61-,62+,63+/m0/s1. The van der Waals surface area contributed by atoms with E-state index in [1.807, 2.05) is 0 Å². The van der Waals surface area contributed by atoms with Gasteiger partial charge in [0.25, 0.3) is 0 Å². The number of esters is 4. The molecule has 510 valence electrons. The van der Waals surface area contributed by atoms with Crippen LogP contribution in [0.25, 0.3) is 0 Å². The maximum Gasteiger partial charge on any atom is 0.472 e. The Balaban J connectivity index is 5.23. The fourth-order valence-electron chi connectivity index (χ4n) is 9.93. The highest BCUT2D eigenvalue weighted by molar-refractivity contribution is 7.47. The van der Waals surface area contributed by atoms with Crippen LogP contribution >= 0.6 is 15.6 Å². The van der Waals surface area contributed by atoms with Crippen LogP contribution in [0.1, 0.15) is 325 Å². The zero-order valence-electron chi connectivity index (χ0n) is 55.9. The summed E-state index contributed by atoms with van der Waals surface area (Å²) in [4.78, 5) is 72.3. The van der Waals surface area contributed by atoms with Gasteiger partial charge < -0.3 is 33.8 Å². The molecule has 0 fully saturated rings. The first-order chi connectivity index (χ1) is 41.1. The predicted octanol–water partition coefficient (Wildman–Crippen LogP) is 18.5. The highest BCUT2D eigenvalue weighted by atomic mass is 31.2. The molecule has 0 bridgehead atoms. The molecule has 0 aromatic carbocycles. The van der Waals surface area contributed by atoms with Crippen molar-refractivity contribution in [2.45, 2.75) is 343 Å². The van der Waals surface area contributed by atoms with Crippen molar-refractivity contribution in [1.82, 2.24) is 0 Å². The molecule has 3 unspecified atom stereocenters. The smallest absolute Gasteiger partial charge is 0.462 e. The SMILES string of the molecule is CCC(C)CCCCCCCCC(=O)OC[C@H](COP(=O)(O)OC[C@@H](O)COP(=O)(O)OC[C@@H](COC(=O)CCCCCCCCC(C)C)OC(=O)CCCCCCCCCCCCCCCC(C)C)OC(=O)CCCCCCCCCCC(C)C. The molecule has 0 amide bonds. The Bertz CT molecular complexity index is 1720. The zero-order valence-corrected chi connectivity index (χ0v) is 57.7. The minimum absolute atomic E-state index is 0.103. The van der Waals surface area contributed by atoms with E-state index in [4.69, 9.17) is 37.0 Å². The van der Waals surface area contributed by atoms with Crippen LogP contribution < -0.4 is 0 Å². The molecule has 0 aromatic heterocycles. The third kappa shape index (κ3) is 59.7. The number of phosphoric ester groups is 2. The molecule has 17 nitrogen and oxygen atoms in total. The number of rotatable bonds is 64. The van der Waals surface area contributed by atoms with Crippen LogP contribution in [0.3, 0.4) is 0 Å². The summed E-state index contributed by atoms with van der Waals surface area (Å²) in [6.07, 6.45) is 37.8. The molecular weight excluding hydrogens is 1140 g/mol. The molecule has 0 aromatic rings. The third-order valence-corrected chi connectivity index (χ3v) is 17.6. The molecule has 0 radical (unpaired) electrons. The maximum absolute atomic E-state index is 13.0. The van der Waals surface area contributed by atoms with Gasteiger partial charge in [-0.05, 0) is 49.4 Å². The second-order valence-electron chi connectivity index (χ2n) is 25.9. The van der Waals surface area contributed by atoms with Gasteiger partial charge in [0.15, 0.2) is 12.2 Å². The van der Waals surface area contributed by atoms with E-state index in [1.165, 1.54) is 116 Å². The highest BCUT2D eigenvalue weighted by Gasteiger charge is 2.30. The van der Waals surface area contributed by atoms with Gasteiger partial charge in [-0.3, -0.25) is 37.3 Å². The Morgan fingerprint density at radius 2 is 0.558 bits per heavy atom. The first-order valence-corrected chi connectivity index (χ1v) is 37.7. The number of ether oxygens (including phenoxy) is 4. The summed E-state index contributed by atoms with van der Waals surface area (Å²) in [5.41, 5.74) is 0. The van der Waals surface area contributed by atoms with Gasteiger partial charge >= 0.3 is 39.5 Å². The number of aliphatic hydroxyl groups is 1. The molecule has 0 spiro atoms. The van der Waals surface area contributed by atoms with Crippen molar-refractivity contribution in [3.8, 4) is 0 Å². The molecule has 6 atom stereocenters. The number of unbranched alkanes of at least 4 members (excludes halogenated alkanes) is 29. The summed E-state index contributed by atoms with van der Waals surface area (Å²) in [7, 11) is -9.90. The minimum atomic E-state index is -4.95. The number of phosphoric acid groups is 2. The second-order valence-corrected chi connectivity index (χ2v) is 28.8. The van der Waals surface area contributed by atoms with Gasteiger partial charge in [0.05, 0.1) is 26.4 Å².